The molecule has 0 saturated heterocycles. The normalized spacial score (nSPS) is 24.7. The van der Waals surface area contributed by atoms with E-state index < -0.39 is 0 Å². The van der Waals surface area contributed by atoms with Crippen molar-refractivity contribution in [3.05, 3.63) is 34.7 Å². The van der Waals surface area contributed by atoms with Gasteiger partial charge in [0.1, 0.15) is 0 Å². The van der Waals surface area contributed by atoms with Gasteiger partial charge in [-0.25, -0.2) is 0 Å². The van der Waals surface area contributed by atoms with Crippen LogP contribution in [0.4, 0.5) is 0 Å². The predicted octanol–water partition coefficient (Wildman–Crippen LogP) is 0.739. The van der Waals surface area contributed by atoms with Gasteiger partial charge in [-0.3, -0.25) is 0 Å². The highest BCUT2D eigenvalue weighted by atomic mass is 14.8. The number of hydrogen-bond acceptors (Lipinski definition) is 3. The molecule has 1 atom stereocenters. The number of rotatable bonds is 1. The quantitative estimate of drug-likeness (QED) is 0.555. The highest BCUT2D eigenvalue weighted by Crippen LogP contribution is 2.24. The van der Waals surface area contributed by atoms with Crippen LogP contribution in [0.15, 0.2) is 34.7 Å². The summed E-state index contributed by atoms with van der Waals surface area (Å²) in [6.07, 6.45) is 4.69. The molecule has 0 amide bonds. The highest BCUT2D eigenvalue weighted by molar-refractivity contribution is 5.44. The Labute approximate surface area is 79.0 Å². The van der Waals surface area contributed by atoms with Gasteiger partial charge in [0.15, 0.2) is 0 Å². The maximum Gasteiger partial charge on any atom is 0.0580 e. The van der Waals surface area contributed by atoms with Crippen LogP contribution in [0.2, 0.25) is 0 Å². The van der Waals surface area contributed by atoms with E-state index in [1.165, 1.54) is 0 Å². The highest BCUT2D eigenvalue weighted by Gasteiger charge is 2.19. The Morgan fingerprint density at radius 1 is 1.31 bits per heavy atom. The van der Waals surface area contributed by atoms with Gasteiger partial charge in [-0.15, -0.1) is 0 Å². The van der Waals surface area contributed by atoms with Crippen LogP contribution in [0.5, 0.6) is 0 Å². The molecule has 1 unspecified atom stereocenters. The third-order valence-electron chi connectivity index (χ3n) is 2.42. The van der Waals surface area contributed by atoms with E-state index in [2.05, 4.69) is 0 Å². The summed E-state index contributed by atoms with van der Waals surface area (Å²) in [5, 5.41) is 0. The Morgan fingerprint density at radius 2 is 1.92 bits per heavy atom. The van der Waals surface area contributed by atoms with Gasteiger partial charge in [0, 0.05) is 6.04 Å². The van der Waals surface area contributed by atoms with E-state index in [0.29, 0.717) is 11.4 Å². The molecule has 0 aliphatic heterocycles. The molecule has 0 aromatic rings. The van der Waals surface area contributed by atoms with E-state index in [4.69, 9.17) is 17.2 Å². The van der Waals surface area contributed by atoms with Crippen molar-refractivity contribution < 1.29 is 0 Å². The molecule has 3 nitrogen and oxygen atoms in total. The van der Waals surface area contributed by atoms with Gasteiger partial charge < -0.3 is 17.2 Å². The van der Waals surface area contributed by atoms with Crippen LogP contribution in [0.1, 0.15) is 20.3 Å². The van der Waals surface area contributed by atoms with E-state index >= 15 is 0 Å². The first kappa shape index (κ1) is 9.86. The minimum atomic E-state index is 0.0125. The van der Waals surface area contributed by atoms with Crippen LogP contribution >= 0.6 is 0 Å². The summed E-state index contributed by atoms with van der Waals surface area (Å²) in [6, 6.07) is 0.0125. The smallest absolute Gasteiger partial charge is 0.0580 e. The van der Waals surface area contributed by atoms with E-state index in [9.17, 15) is 0 Å². The van der Waals surface area contributed by atoms with Crippen molar-refractivity contribution in [3.63, 3.8) is 0 Å². The maximum atomic E-state index is 5.89. The summed E-state index contributed by atoms with van der Waals surface area (Å²) >= 11 is 0. The molecule has 1 rings (SSSR count). The van der Waals surface area contributed by atoms with Crippen molar-refractivity contribution in [2.45, 2.75) is 26.3 Å². The Hall–Kier alpha value is -1.22. The maximum absolute atomic E-state index is 5.89. The first-order valence-electron chi connectivity index (χ1n) is 4.41. The number of hydrogen-bond donors (Lipinski definition) is 3. The SMILES string of the molecule is C/C=C/C1=C(N)C(N)=C(C)C(N)C1. The average Bonchev–Trinajstić information content (AvgIpc) is 2.11. The topological polar surface area (TPSA) is 78.1 Å². The van der Waals surface area contributed by atoms with Crippen LogP contribution in [-0.2, 0) is 0 Å². The Morgan fingerprint density at radius 3 is 2.46 bits per heavy atom. The standard InChI is InChI=1S/C10H17N3/c1-3-4-7-5-8(11)6(2)9(12)10(7)13/h3-4,8H,5,11-13H2,1-2H3/b4-3+. The van der Waals surface area contributed by atoms with Crippen LogP contribution in [0.25, 0.3) is 0 Å². The lowest BCUT2D eigenvalue weighted by molar-refractivity contribution is 0.729. The molecule has 1 aliphatic carbocycles. The van der Waals surface area contributed by atoms with E-state index in [-0.39, 0.29) is 6.04 Å². The van der Waals surface area contributed by atoms with Gasteiger partial charge in [-0.05, 0) is 31.4 Å². The summed E-state index contributed by atoms with van der Waals surface area (Å²) < 4.78 is 0. The van der Waals surface area contributed by atoms with Gasteiger partial charge >= 0.3 is 0 Å². The van der Waals surface area contributed by atoms with Crippen molar-refractivity contribution in [1.29, 1.82) is 0 Å². The predicted molar refractivity (Wildman–Crippen MR) is 55.5 cm³/mol. The fourth-order valence-electron chi connectivity index (χ4n) is 1.44. The molecular weight excluding hydrogens is 162 g/mol. The summed E-state index contributed by atoms with van der Waals surface area (Å²) in [4.78, 5) is 0. The molecule has 0 aromatic carbocycles. The zero-order valence-electron chi connectivity index (χ0n) is 8.17. The first-order chi connectivity index (χ1) is 6.07. The van der Waals surface area contributed by atoms with E-state index in [1.807, 2.05) is 26.0 Å². The lowest BCUT2D eigenvalue weighted by atomic mass is 9.90. The van der Waals surface area contributed by atoms with Crippen molar-refractivity contribution in [2.75, 3.05) is 0 Å². The molecule has 72 valence electrons. The first-order valence-corrected chi connectivity index (χ1v) is 4.41. The third kappa shape index (κ3) is 1.75. The molecule has 1 aliphatic rings. The van der Waals surface area contributed by atoms with Crippen molar-refractivity contribution in [2.24, 2.45) is 17.2 Å². The lowest BCUT2D eigenvalue weighted by Crippen LogP contribution is -2.31. The monoisotopic (exact) mass is 179 g/mol. The fourth-order valence-corrected chi connectivity index (χ4v) is 1.44. The molecule has 0 bridgehead atoms. The summed E-state index contributed by atoms with van der Waals surface area (Å²) in [5.41, 5.74) is 20.9. The zero-order chi connectivity index (χ0) is 10.0. The van der Waals surface area contributed by atoms with Crippen LogP contribution in [-0.4, -0.2) is 6.04 Å². The molecule has 0 aromatic heterocycles. The molecule has 0 radical (unpaired) electrons. The molecule has 13 heavy (non-hydrogen) atoms. The van der Waals surface area contributed by atoms with Gasteiger partial charge in [0.25, 0.3) is 0 Å². The molecular formula is C10H17N3. The fraction of sp³-hybridized carbons (Fsp3) is 0.400. The second-order valence-electron chi connectivity index (χ2n) is 3.35. The zero-order valence-corrected chi connectivity index (χ0v) is 8.17. The second kappa shape index (κ2) is 3.66. The Balaban J connectivity index is 3.10. The minimum Gasteiger partial charge on any atom is -0.397 e. The van der Waals surface area contributed by atoms with Crippen LogP contribution in [0, 0.1) is 0 Å². The van der Waals surface area contributed by atoms with E-state index in [0.717, 1.165) is 17.6 Å². The molecule has 3 heteroatoms. The van der Waals surface area contributed by atoms with Gasteiger partial charge in [-0.2, -0.15) is 0 Å². The average molecular weight is 179 g/mol. The molecule has 0 heterocycles. The lowest BCUT2D eigenvalue weighted by Gasteiger charge is -2.23. The summed E-state index contributed by atoms with van der Waals surface area (Å²) in [6.45, 7) is 3.88. The van der Waals surface area contributed by atoms with Gasteiger partial charge in [0.2, 0.25) is 0 Å². The molecule has 0 spiro atoms. The summed E-state index contributed by atoms with van der Waals surface area (Å²) in [5.74, 6) is 0. The van der Waals surface area contributed by atoms with Crippen molar-refractivity contribution in [3.8, 4) is 0 Å². The summed E-state index contributed by atoms with van der Waals surface area (Å²) in [7, 11) is 0. The van der Waals surface area contributed by atoms with E-state index in [1.54, 1.807) is 0 Å². The van der Waals surface area contributed by atoms with Crippen LogP contribution < -0.4 is 17.2 Å². The van der Waals surface area contributed by atoms with Gasteiger partial charge in [0.05, 0.1) is 11.4 Å². The third-order valence-corrected chi connectivity index (χ3v) is 2.42. The Kier molecular flexibility index (Phi) is 2.78. The number of nitrogens with two attached hydrogens (primary N) is 3. The van der Waals surface area contributed by atoms with Crippen LogP contribution in [0.3, 0.4) is 0 Å². The minimum absolute atomic E-state index is 0.0125. The molecule has 6 N–H and O–H groups in total. The second-order valence-corrected chi connectivity index (χ2v) is 3.35. The van der Waals surface area contributed by atoms with Crippen molar-refractivity contribution in [1.82, 2.24) is 0 Å². The Bertz CT molecular complexity index is 297. The van der Waals surface area contributed by atoms with Crippen molar-refractivity contribution >= 4 is 0 Å². The van der Waals surface area contributed by atoms with Gasteiger partial charge in [-0.1, -0.05) is 12.2 Å². The molecule has 0 saturated carbocycles. The number of allylic oxidation sites excluding steroid dienone is 2. The molecule has 0 fully saturated rings. The largest absolute Gasteiger partial charge is 0.397 e.